The van der Waals surface area contributed by atoms with Crippen molar-refractivity contribution in [2.75, 3.05) is 6.61 Å². The van der Waals surface area contributed by atoms with Gasteiger partial charge in [0.05, 0.1) is 13.2 Å². The minimum absolute atomic E-state index is 0.0279. The van der Waals surface area contributed by atoms with Crippen molar-refractivity contribution in [3.05, 3.63) is 80.0 Å². The van der Waals surface area contributed by atoms with Gasteiger partial charge in [0.15, 0.2) is 11.2 Å². The van der Waals surface area contributed by atoms with E-state index in [1.807, 2.05) is 0 Å². The number of alkyl halides is 3. The Balaban J connectivity index is 1.85. The molecule has 0 radical (unpaired) electrons. The van der Waals surface area contributed by atoms with E-state index >= 15 is 0 Å². The van der Waals surface area contributed by atoms with Crippen LogP contribution in [0.5, 0.6) is 17.5 Å². The number of aromatic nitrogens is 4. The third-order valence-corrected chi connectivity index (χ3v) is 5.60. The zero-order valence-corrected chi connectivity index (χ0v) is 20.1. The molecule has 14 heteroatoms. The fourth-order valence-electron chi connectivity index (χ4n) is 3.69. The van der Waals surface area contributed by atoms with E-state index in [4.69, 9.17) is 22.2 Å². The highest BCUT2D eigenvalue weighted by molar-refractivity contribution is 6.30. The average Bonchev–Trinajstić information content (AvgIpc) is 3.18. The molecule has 37 heavy (non-hydrogen) atoms. The Morgan fingerprint density at radius 2 is 1.76 bits per heavy atom. The second-order valence-electron chi connectivity index (χ2n) is 7.93. The van der Waals surface area contributed by atoms with Gasteiger partial charge in [-0.2, -0.15) is 4.98 Å². The third-order valence-electron chi connectivity index (χ3n) is 5.34. The lowest BCUT2D eigenvalue weighted by atomic mass is 10.2. The first-order valence-corrected chi connectivity index (χ1v) is 11.2. The van der Waals surface area contributed by atoms with E-state index in [0.717, 1.165) is 22.3 Å². The number of halogens is 4. The molecule has 0 atom stereocenters. The molecule has 10 nitrogen and oxygen atoms in total. The number of aryl methyl sites for hydroxylation is 1. The Bertz CT molecular complexity index is 1530. The number of nitrogens with two attached hydrogens (primary N) is 1. The van der Waals surface area contributed by atoms with Gasteiger partial charge >= 0.3 is 18.1 Å². The average molecular weight is 540 g/mol. The van der Waals surface area contributed by atoms with Gasteiger partial charge in [-0.1, -0.05) is 29.8 Å². The molecule has 0 amide bonds. The maximum atomic E-state index is 13.4. The highest BCUT2D eigenvalue weighted by Crippen LogP contribution is 2.30. The molecular formula is C23H21ClF3N5O5. The van der Waals surface area contributed by atoms with Crippen molar-refractivity contribution in [1.82, 2.24) is 18.7 Å². The van der Waals surface area contributed by atoms with Crippen molar-refractivity contribution in [1.29, 1.82) is 0 Å². The van der Waals surface area contributed by atoms with Crippen LogP contribution < -0.4 is 26.6 Å². The van der Waals surface area contributed by atoms with Crippen LogP contribution in [-0.2, 0) is 25.0 Å². The van der Waals surface area contributed by atoms with Crippen molar-refractivity contribution >= 4 is 22.8 Å². The van der Waals surface area contributed by atoms with Crippen LogP contribution in [0, 0.1) is 0 Å². The van der Waals surface area contributed by atoms with Crippen LogP contribution >= 0.6 is 11.6 Å². The van der Waals surface area contributed by atoms with E-state index in [2.05, 4.69) is 14.6 Å². The molecule has 0 unspecified atom stereocenters. The zero-order valence-electron chi connectivity index (χ0n) is 19.4. The van der Waals surface area contributed by atoms with Crippen LogP contribution in [0.15, 0.2) is 58.1 Å². The molecule has 0 spiro atoms. The summed E-state index contributed by atoms with van der Waals surface area (Å²) in [5.74, 6) is 4.52. The van der Waals surface area contributed by atoms with E-state index in [0.29, 0.717) is 11.4 Å². The summed E-state index contributed by atoms with van der Waals surface area (Å²) in [6, 6.07) is 11.5. The lowest BCUT2D eigenvalue weighted by Crippen LogP contribution is -2.40. The largest absolute Gasteiger partial charge is 0.573 e. The van der Waals surface area contributed by atoms with Gasteiger partial charge in [0.2, 0.25) is 0 Å². The molecule has 0 fully saturated rings. The Kier molecular flexibility index (Phi) is 7.57. The van der Waals surface area contributed by atoms with Crippen molar-refractivity contribution in [3.63, 3.8) is 0 Å². The van der Waals surface area contributed by atoms with Gasteiger partial charge in [0.25, 0.3) is 5.56 Å². The van der Waals surface area contributed by atoms with Crippen LogP contribution in [-0.4, -0.2) is 31.7 Å². The van der Waals surface area contributed by atoms with E-state index in [9.17, 15) is 22.8 Å². The molecule has 0 aliphatic rings. The summed E-state index contributed by atoms with van der Waals surface area (Å²) in [5, 5.41) is 0.504. The predicted octanol–water partition coefficient (Wildman–Crippen LogP) is 3.57. The Labute approximate surface area is 212 Å². The Morgan fingerprint density at radius 1 is 1.05 bits per heavy atom. The predicted molar refractivity (Wildman–Crippen MR) is 128 cm³/mol. The highest BCUT2D eigenvalue weighted by atomic mass is 35.5. The molecule has 2 aromatic heterocycles. The van der Waals surface area contributed by atoms with Gasteiger partial charge in [-0.15, -0.1) is 13.2 Å². The molecule has 4 aromatic rings. The highest BCUT2D eigenvalue weighted by Gasteiger charge is 2.31. The lowest BCUT2D eigenvalue weighted by Gasteiger charge is -2.12. The number of fused-ring (bicyclic) bond motifs is 1. The number of ether oxygens (including phenoxy) is 2. The van der Waals surface area contributed by atoms with Gasteiger partial charge in [-0.3, -0.25) is 18.5 Å². The van der Waals surface area contributed by atoms with Gasteiger partial charge < -0.3 is 14.3 Å². The molecule has 2 N–H and O–H groups in total. The van der Waals surface area contributed by atoms with Crippen LogP contribution in [0.4, 0.5) is 13.2 Å². The van der Waals surface area contributed by atoms with Crippen LogP contribution in [0.25, 0.3) is 11.2 Å². The third kappa shape index (κ3) is 5.96. The summed E-state index contributed by atoms with van der Waals surface area (Å²) >= 11 is 5.99. The molecule has 0 bridgehead atoms. The van der Waals surface area contributed by atoms with E-state index in [1.54, 1.807) is 24.3 Å². The summed E-state index contributed by atoms with van der Waals surface area (Å²) in [7, 11) is 1.45. The number of nitrogens with zero attached hydrogens (tertiary/aromatic N) is 4. The van der Waals surface area contributed by atoms with E-state index < -0.39 is 23.4 Å². The zero-order chi connectivity index (χ0) is 26.7. The SMILES string of the molecule is Cn1c(=O)n(CCCON)c(=O)c2c1nc(Oc1cccc(OC(F)(F)F)c1)n2Cc1ccc(Cl)cc1. The topological polar surface area (TPSA) is 116 Å². The van der Waals surface area contributed by atoms with Gasteiger partial charge in [-0.05, 0) is 36.2 Å². The van der Waals surface area contributed by atoms with Gasteiger partial charge in [0.1, 0.15) is 11.5 Å². The van der Waals surface area contributed by atoms with Crippen molar-refractivity contribution in [2.24, 2.45) is 12.9 Å². The molecule has 2 aromatic carbocycles. The minimum Gasteiger partial charge on any atom is -0.425 e. The second kappa shape index (κ2) is 10.7. The standard InChI is InChI=1S/C23H21ClF3N5O5/c1-30-19-18(20(33)31(22(30)34)10-3-11-35-28)32(13-14-6-8-15(24)9-7-14)21(29-19)36-16-4-2-5-17(12-16)37-23(25,26)27/h2,4-9,12H,3,10-11,13,28H2,1H3. The summed E-state index contributed by atoms with van der Waals surface area (Å²) in [4.78, 5) is 35.2. The van der Waals surface area contributed by atoms with Crippen molar-refractivity contribution in [2.45, 2.75) is 25.9 Å². The number of rotatable bonds is 9. The van der Waals surface area contributed by atoms with Crippen LogP contribution in [0.1, 0.15) is 12.0 Å². The lowest BCUT2D eigenvalue weighted by molar-refractivity contribution is -0.274. The van der Waals surface area contributed by atoms with E-state index in [1.165, 1.54) is 28.3 Å². The van der Waals surface area contributed by atoms with Gasteiger partial charge in [0, 0.05) is 24.7 Å². The minimum atomic E-state index is -4.89. The molecule has 0 saturated carbocycles. The first-order chi connectivity index (χ1) is 17.6. The fraction of sp³-hybridized carbons (Fsp3) is 0.261. The van der Waals surface area contributed by atoms with Crippen LogP contribution in [0.2, 0.25) is 5.02 Å². The first-order valence-electron chi connectivity index (χ1n) is 10.9. The molecule has 0 aliphatic heterocycles. The Hall–Kier alpha value is -3.81. The monoisotopic (exact) mass is 539 g/mol. The fourth-order valence-corrected chi connectivity index (χ4v) is 3.82. The molecule has 196 valence electrons. The number of imidazole rings is 1. The van der Waals surface area contributed by atoms with Crippen molar-refractivity contribution < 1.29 is 27.5 Å². The Morgan fingerprint density at radius 3 is 2.43 bits per heavy atom. The maximum absolute atomic E-state index is 13.4. The normalized spacial score (nSPS) is 11.7. The van der Waals surface area contributed by atoms with E-state index in [-0.39, 0.29) is 42.6 Å². The number of hydrogen-bond acceptors (Lipinski definition) is 7. The molecule has 4 rings (SSSR count). The molecule has 0 saturated heterocycles. The first kappa shape index (κ1) is 26.3. The summed E-state index contributed by atoms with van der Waals surface area (Å²) < 4.78 is 51.5. The maximum Gasteiger partial charge on any atom is 0.573 e. The smallest absolute Gasteiger partial charge is 0.425 e. The van der Waals surface area contributed by atoms with Crippen molar-refractivity contribution in [3.8, 4) is 17.5 Å². The molecule has 2 heterocycles. The second-order valence-corrected chi connectivity index (χ2v) is 8.36. The summed E-state index contributed by atoms with van der Waals surface area (Å²) in [6.45, 7) is 0.251. The summed E-state index contributed by atoms with van der Waals surface area (Å²) in [5.41, 5.74) is -0.422. The molecule has 0 aliphatic carbocycles. The summed E-state index contributed by atoms with van der Waals surface area (Å²) in [6.07, 6.45) is -4.59. The van der Waals surface area contributed by atoms with Gasteiger partial charge in [-0.25, -0.2) is 10.7 Å². The molecular weight excluding hydrogens is 519 g/mol. The number of hydrogen-bond donors (Lipinski definition) is 1. The quantitative estimate of drug-likeness (QED) is 0.255. The van der Waals surface area contributed by atoms with Crippen LogP contribution in [0.3, 0.4) is 0 Å². The number of benzene rings is 2.